The monoisotopic (exact) mass is 503 g/mol. The van der Waals surface area contributed by atoms with Crippen molar-refractivity contribution in [2.45, 2.75) is 0 Å². The molecule has 0 aliphatic rings. The molecule has 0 fully saturated rings. The highest BCUT2D eigenvalue weighted by atomic mass is 32.1. The number of aromatic nitrogens is 3. The van der Waals surface area contributed by atoms with Crippen LogP contribution in [0.4, 0.5) is 0 Å². The first kappa shape index (κ1) is 21.3. The molecule has 0 saturated carbocycles. The van der Waals surface area contributed by atoms with Gasteiger partial charge in [0.2, 0.25) is 0 Å². The zero-order valence-corrected chi connectivity index (χ0v) is 21.2. The average molecular weight is 504 g/mol. The van der Waals surface area contributed by atoms with E-state index in [1.807, 2.05) is 6.20 Å². The first-order valence-electron chi connectivity index (χ1n) is 12.7. The van der Waals surface area contributed by atoms with E-state index in [0.29, 0.717) is 0 Å². The topological polar surface area (TPSA) is 30.7 Å². The maximum Gasteiger partial charge on any atom is 0.116 e. The standard InChI is InChI=1S/C34H21N3S/c1-3-9-22(10-4-1)24-15-25(23-11-5-2-6-12-23)17-26(16-24)37-30-14-8-7-13-27(30)28-19-32-29(18-31(28)37)34-33(38-32)20-35-21-36-34/h1-21H. The van der Waals surface area contributed by atoms with E-state index in [-0.39, 0.29) is 0 Å². The maximum absolute atomic E-state index is 4.63. The Bertz CT molecular complexity index is 2070. The van der Waals surface area contributed by atoms with Crippen LogP contribution < -0.4 is 0 Å². The van der Waals surface area contributed by atoms with E-state index in [9.17, 15) is 0 Å². The lowest BCUT2D eigenvalue weighted by molar-refractivity contribution is 1.18. The summed E-state index contributed by atoms with van der Waals surface area (Å²) in [6.07, 6.45) is 3.56. The van der Waals surface area contributed by atoms with E-state index >= 15 is 0 Å². The molecule has 0 bridgehead atoms. The largest absolute Gasteiger partial charge is 0.309 e. The Hall–Kier alpha value is -4.80. The zero-order valence-electron chi connectivity index (χ0n) is 20.4. The van der Waals surface area contributed by atoms with Gasteiger partial charge < -0.3 is 4.57 Å². The fraction of sp³-hybridized carbons (Fsp3) is 0. The molecule has 0 N–H and O–H groups in total. The molecular formula is C34H21N3S. The van der Waals surface area contributed by atoms with Crippen molar-refractivity contribution in [1.29, 1.82) is 0 Å². The number of rotatable bonds is 3. The van der Waals surface area contributed by atoms with Crippen LogP contribution in [0, 0.1) is 0 Å². The summed E-state index contributed by atoms with van der Waals surface area (Å²) in [6, 6.07) is 41.5. The fourth-order valence-electron chi connectivity index (χ4n) is 5.59. The van der Waals surface area contributed by atoms with Gasteiger partial charge in [0.1, 0.15) is 6.33 Å². The minimum absolute atomic E-state index is 1.02. The Balaban J connectivity index is 1.49. The second kappa shape index (κ2) is 8.37. The molecule has 5 aromatic carbocycles. The molecule has 0 radical (unpaired) electrons. The van der Waals surface area contributed by atoms with Gasteiger partial charge in [-0.3, -0.25) is 0 Å². The average Bonchev–Trinajstić information content (AvgIpc) is 3.51. The number of fused-ring (bicyclic) bond motifs is 6. The maximum atomic E-state index is 4.63. The van der Waals surface area contributed by atoms with Crippen LogP contribution in [0.15, 0.2) is 128 Å². The Morgan fingerprint density at radius 3 is 1.95 bits per heavy atom. The highest BCUT2D eigenvalue weighted by Crippen LogP contribution is 2.40. The van der Waals surface area contributed by atoms with Crippen LogP contribution in [0.3, 0.4) is 0 Å². The number of hydrogen-bond acceptors (Lipinski definition) is 3. The highest BCUT2D eigenvalue weighted by molar-refractivity contribution is 7.25. The van der Waals surface area contributed by atoms with E-state index in [0.717, 1.165) is 15.9 Å². The van der Waals surface area contributed by atoms with Crippen LogP contribution in [-0.4, -0.2) is 14.5 Å². The van der Waals surface area contributed by atoms with Crippen molar-refractivity contribution in [3.63, 3.8) is 0 Å². The molecule has 3 nitrogen and oxygen atoms in total. The molecule has 0 aliphatic carbocycles. The summed E-state index contributed by atoms with van der Waals surface area (Å²) in [7, 11) is 0. The Morgan fingerprint density at radius 1 is 0.526 bits per heavy atom. The van der Waals surface area contributed by atoms with E-state index in [4.69, 9.17) is 0 Å². The summed E-state index contributed by atoms with van der Waals surface area (Å²) in [4.78, 5) is 8.88. The summed E-state index contributed by atoms with van der Waals surface area (Å²) in [5.41, 5.74) is 9.34. The molecular weight excluding hydrogens is 482 g/mol. The van der Waals surface area contributed by atoms with Crippen molar-refractivity contribution >= 4 is 53.4 Å². The number of para-hydroxylation sites is 1. The number of hydrogen-bond donors (Lipinski definition) is 0. The van der Waals surface area contributed by atoms with Crippen molar-refractivity contribution in [1.82, 2.24) is 14.5 Å². The van der Waals surface area contributed by atoms with Crippen LogP contribution in [0.1, 0.15) is 0 Å². The van der Waals surface area contributed by atoms with Gasteiger partial charge in [0.25, 0.3) is 0 Å². The molecule has 0 atom stereocenters. The zero-order chi connectivity index (χ0) is 25.1. The molecule has 4 heteroatoms. The molecule has 8 aromatic rings. The minimum Gasteiger partial charge on any atom is -0.309 e. The predicted octanol–water partition coefficient (Wildman–Crippen LogP) is 9.28. The molecule has 3 aromatic heterocycles. The number of benzene rings is 5. The van der Waals surface area contributed by atoms with E-state index in [2.05, 4.69) is 130 Å². The minimum atomic E-state index is 1.02. The molecule has 0 spiro atoms. The normalized spacial score (nSPS) is 11.7. The van der Waals surface area contributed by atoms with Gasteiger partial charge in [0.15, 0.2) is 0 Å². The molecule has 8 rings (SSSR count). The van der Waals surface area contributed by atoms with Gasteiger partial charge in [0.05, 0.1) is 21.3 Å². The van der Waals surface area contributed by atoms with Crippen LogP contribution in [-0.2, 0) is 0 Å². The Kier molecular flexibility index (Phi) is 4.69. The Morgan fingerprint density at radius 2 is 1.21 bits per heavy atom. The van der Waals surface area contributed by atoms with E-state index in [1.54, 1.807) is 17.7 Å². The second-order valence-corrected chi connectivity index (χ2v) is 10.6. The number of thiophene rings is 1. The van der Waals surface area contributed by atoms with Crippen molar-refractivity contribution < 1.29 is 0 Å². The van der Waals surface area contributed by atoms with Crippen molar-refractivity contribution in [2.24, 2.45) is 0 Å². The van der Waals surface area contributed by atoms with Gasteiger partial charge in [-0.15, -0.1) is 11.3 Å². The lowest BCUT2D eigenvalue weighted by atomic mass is 9.98. The summed E-state index contributed by atoms with van der Waals surface area (Å²) >= 11 is 1.76. The predicted molar refractivity (Wildman–Crippen MR) is 160 cm³/mol. The summed E-state index contributed by atoms with van der Waals surface area (Å²) in [5, 5.41) is 3.67. The van der Waals surface area contributed by atoms with Crippen LogP contribution in [0.2, 0.25) is 0 Å². The van der Waals surface area contributed by atoms with Gasteiger partial charge in [0, 0.05) is 32.7 Å². The highest BCUT2D eigenvalue weighted by Gasteiger charge is 2.17. The first-order chi connectivity index (χ1) is 18.8. The van der Waals surface area contributed by atoms with Gasteiger partial charge in [-0.25, -0.2) is 9.97 Å². The Labute approximate surface area is 223 Å². The summed E-state index contributed by atoms with van der Waals surface area (Å²) in [5.74, 6) is 0. The molecule has 178 valence electrons. The third-order valence-corrected chi connectivity index (χ3v) is 8.39. The SMILES string of the molecule is c1ccc(-c2cc(-c3ccccc3)cc(-n3c4ccccc4c4cc5sc6cncnc6c5cc43)c2)cc1. The van der Waals surface area contributed by atoms with Gasteiger partial charge in [-0.2, -0.15) is 0 Å². The van der Waals surface area contributed by atoms with Crippen LogP contribution in [0.5, 0.6) is 0 Å². The number of nitrogens with zero attached hydrogens (tertiary/aromatic N) is 3. The van der Waals surface area contributed by atoms with E-state index in [1.165, 1.54) is 54.1 Å². The molecule has 0 aliphatic heterocycles. The smallest absolute Gasteiger partial charge is 0.116 e. The molecule has 3 heterocycles. The molecule has 0 amide bonds. The van der Waals surface area contributed by atoms with Crippen LogP contribution in [0.25, 0.3) is 70.0 Å². The van der Waals surface area contributed by atoms with Gasteiger partial charge >= 0.3 is 0 Å². The molecule has 0 saturated heterocycles. The molecule has 0 unspecified atom stereocenters. The lowest BCUT2D eigenvalue weighted by Crippen LogP contribution is -1.96. The third kappa shape index (κ3) is 3.28. The van der Waals surface area contributed by atoms with Gasteiger partial charge in [-0.1, -0.05) is 78.9 Å². The van der Waals surface area contributed by atoms with Crippen molar-refractivity contribution in [2.75, 3.05) is 0 Å². The lowest BCUT2D eigenvalue weighted by Gasteiger charge is -2.14. The van der Waals surface area contributed by atoms with E-state index < -0.39 is 0 Å². The quantitative estimate of drug-likeness (QED) is 0.240. The third-order valence-electron chi connectivity index (χ3n) is 7.32. The summed E-state index contributed by atoms with van der Waals surface area (Å²) in [6.45, 7) is 0. The fourth-order valence-corrected chi connectivity index (χ4v) is 6.64. The molecule has 38 heavy (non-hydrogen) atoms. The second-order valence-electron chi connectivity index (χ2n) is 9.56. The first-order valence-corrected chi connectivity index (χ1v) is 13.5. The van der Waals surface area contributed by atoms with Crippen molar-refractivity contribution in [3.8, 4) is 27.9 Å². The van der Waals surface area contributed by atoms with Crippen LogP contribution >= 0.6 is 11.3 Å². The van der Waals surface area contributed by atoms with Gasteiger partial charge in [-0.05, 0) is 58.7 Å². The summed E-state index contributed by atoms with van der Waals surface area (Å²) < 4.78 is 4.76. The van der Waals surface area contributed by atoms with Crippen molar-refractivity contribution in [3.05, 3.63) is 128 Å².